The molecule has 0 saturated heterocycles. The van der Waals surface area contributed by atoms with E-state index < -0.39 is 5.97 Å². The lowest BCUT2D eigenvalue weighted by molar-refractivity contribution is -0.136. The number of esters is 1. The molecule has 1 unspecified atom stereocenters. The van der Waals surface area contributed by atoms with Crippen LogP contribution in [-0.2, 0) is 14.3 Å². The van der Waals surface area contributed by atoms with E-state index in [4.69, 9.17) is 4.74 Å². The Labute approximate surface area is 129 Å². The van der Waals surface area contributed by atoms with Crippen LogP contribution in [0.25, 0.3) is 6.08 Å². The van der Waals surface area contributed by atoms with Crippen LogP contribution in [0.1, 0.15) is 32.1 Å². The lowest BCUT2D eigenvalue weighted by Gasteiger charge is -2.12. The van der Waals surface area contributed by atoms with E-state index in [2.05, 4.69) is 13.8 Å². The zero-order valence-corrected chi connectivity index (χ0v) is 13.6. The minimum absolute atomic E-state index is 0.0370. The molecule has 2 rings (SSSR count). The van der Waals surface area contributed by atoms with E-state index in [0.717, 1.165) is 16.9 Å². The van der Waals surface area contributed by atoms with Gasteiger partial charge in [-0.15, -0.1) is 11.3 Å². The van der Waals surface area contributed by atoms with Gasteiger partial charge in [0.25, 0.3) is 0 Å². The molecule has 0 saturated carbocycles. The van der Waals surface area contributed by atoms with E-state index in [1.807, 2.05) is 30.5 Å². The first-order valence-electron chi connectivity index (χ1n) is 7.04. The maximum atomic E-state index is 12.7. The molecule has 0 amide bonds. The van der Waals surface area contributed by atoms with Gasteiger partial charge in [0, 0.05) is 16.4 Å². The summed E-state index contributed by atoms with van der Waals surface area (Å²) < 4.78 is 4.87. The predicted octanol–water partition coefficient (Wildman–Crippen LogP) is 3.87. The summed E-state index contributed by atoms with van der Waals surface area (Å²) >= 11 is 1.55. The van der Waals surface area contributed by atoms with Crippen molar-refractivity contribution in [1.29, 1.82) is 0 Å². The fourth-order valence-corrected chi connectivity index (χ4v) is 3.34. The van der Waals surface area contributed by atoms with Crippen molar-refractivity contribution in [3.63, 3.8) is 0 Å². The first-order valence-corrected chi connectivity index (χ1v) is 7.92. The van der Waals surface area contributed by atoms with Crippen LogP contribution in [0.2, 0.25) is 0 Å². The summed E-state index contributed by atoms with van der Waals surface area (Å²) in [5.74, 6) is -0.191. The van der Waals surface area contributed by atoms with Crippen LogP contribution >= 0.6 is 11.3 Å². The fourth-order valence-electron chi connectivity index (χ4n) is 2.68. The normalized spacial score (nSPS) is 20.7. The van der Waals surface area contributed by atoms with Crippen molar-refractivity contribution in [1.82, 2.24) is 0 Å². The second kappa shape index (κ2) is 6.39. The van der Waals surface area contributed by atoms with E-state index in [9.17, 15) is 9.59 Å². The van der Waals surface area contributed by atoms with Gasteiger partial charge in [-0.3, -0.25) is 4.79 Å². The first-order chi connectivity index (χ1) is 9.95. The molecule has 0 fully saturated rings. The highest BCUT2D eigenvalue weighted by molar-refractivity contribution is 7.10. The number of carbonyl (C=O) groups is 2. The van der Waals surface area contributed by atoms with E-state index in [-0.39, 0.29) is 11.7 Å². The Morgan fingerprint density at radius 2 is 2.19 bits per heavy atom. The molecule has 3 nitrogen and oxygen atoms in total. The number of carbonyl (C=O) groups excluding carboxylic acids is 2. The molecule has 0 spiro atoms. The number of methoxy groups -OCH3 is 1. The maximum Gasteiger partial charge on any atom is 0.338 e. The van der Waals surface area contributed by atoms with Crippen molar-refractivity contribution >= 4 is 29.2 Å². The van der Waals surface area contributed by atoms with Gasteiger partial charge in [-0.05, 0) is 42.4 Å². The quantitative estimate of drug-likeness (QED) is 0.626. The molecule has 1 aliphatic carbocycles. The molecule has 0 N–H and O–H groups in total. The highest BCUT2D eigenvalue weighted by atomic mass is 32.1. The zero-order valence-electron chi connectivity index (χ0n) is 12.8. The Hall–Kier alpha value is -1.68. The third-order valence-corrected chi connectivity index (χ3v) is 4.51. The number of allylic oxidation sites excluding steroid dienone is 1. The molecule has 4 heteroatoms. The number of Topliss-reactive ketones (excluding diaryl/α,β-unsaturated/α-hetero) is 1. The topological polar surface area (TPSA) is 43.4 Å². The summed E-state index contributed by atoms with van der Waals surface area (Å²) in [6.07, 6.45) is 2.57. The zero-order chi connectivity index (χ0) is 15.6. The third kappa shape index (κ3) is 3.16. The van der Waals surface area contributed by atoms with Crippen LogP contribution < -0.4 is 0 Å². The van der Waals surface area contributed by atoms with Crippen LogP contribution in [0.15, 0.2) is 34.2 Å². The smallest absolute Gasteiger partial charge is 0.338 e. The second-order valence-corrected chi connectivity index (χ2v) is 6.65. The van der Waals surface area contributed by atoms with Crippen LogP contribution in [0.3, 0.4) is 0 Å². The van der Waals surface area contributed by atoms with Gasteiger partial charge in [-0.25, -0.2) is 4.79 Å². The molecular formula is C17H20O3S. The van der Waals surface area contributed by atoms with Gasteiger partial charge in [0.05, 0.1) is 12.7 Å². The number of hydrogen-bond donors (Lipinski definition) is 0. The molecule has 1 aromatic heterocycles. The summed E-state index contributed by atoms with van der Waals surface area (Å²) in [6, 6.07) is 3.86. The standard InChI is InChI=1S/C17H20O3S/c1-10(2)8-13-11(3)15(17(19)20-4)14(16(13)18)9-12-6-5-7-21-12/h5-7,9-10,13H,8H2,1-4H3/b14-9-. The summed E-state index contributed by atoms with van der Waals surface area (Å²) in [5, 5.41) is 1.95. The highest BCUT2D eigenvalue weighted by Crippen LogP contribution is 2.38. The average Bonchev–Trinajstić information content (AvgIpc) is 3.01. The van der Waals surface area contributed by atoms with Crippen molar-refractivity contribution in [3.8, 4) is 0 Å². The number of hydrogen-bond acceptors (Lipinski definition) is 4. The lowest BCUT2D eigenvalue weighted by atomic mass is 9.91. The third-order valence-electron chi connectivity index (χ3n) is 3.69. The fraction of sp³-hybridized carbons (Fsp3) is 0.412. The van der Waals surface area contributed by atoms with Gasteiger partial charge in [-0.2, -0.15) is 0 Å². The van der Waals surface area contributed by atoms with Crippen molar-refractivity contribution in [2.45, 2.75) is 27.2 Å². The summed E-state index contributed by atoms with van der Waals surface area (Å²) in [5.41, 5.74) is 1.78. The van der Waals surface area contributed by atoms with Crippen molar-refractivity contribution in [2.75, 3.05) is 7.11 Å². The molecule has 0 radical (unpaired) electrons. The molecule has 1 aromatic rings. The van der Waals surface area contributed by atoms with E-state index >= 15 is 0 Å². The number of ketones is 1. The van der Waals surface area contributed by atoms with Crippen LogP contribution in [-0.4, -0.2) is 18.9 Å². The minimum Gasteiger partial charge on any atom is -0.465 e. The number of thiophene rings is 1. The first kappa shape index (κ1) is 15.7. The monoisotopic (exact) mass is 304 g/mol. The molecule has 1 heterocycles. The Kier molecular flexibility index (Phi) is 4.78. The molecule has 0 aromatic carbocycles. The molecular weight excluding hydrogens is 284 g/mol. The Balaban J connectivity index is 2.48. The summed E-state index contributed by atoms with van der Waals surface area (Å²) in [4.78, 5) is 25.7. The van der Waals surface area contributed by atoms with Crippen LogP contribution in [0.5, 0.6) is 0 Å². The van der Waals surface area contributed by atoms with Gasteiger partial charge in [-0.1, -0.05) is 19.9 Å². The van der Waals surface area contributed by atoms with Crippen molar-refractivity contribution in [3.05, 3.63) is 39.1 Å². The van der Waals surface area contributed by atoms with E-state index in [1.54, 1.807) is 11.3 Å². The molecule has 0 aliphatic heterocycles. The van der Waals surface area contributed by atoms with Crippen LogP contribution in [0.4, 0.5) is 0 Å². The van der Waals surface area contributed by atoms with Gasteiger partial charge in [0.15, 0.2) is 5.78 Å². The molecule has 1 atom stereocenters. The Morgan fingerprint density at radius 3 is 2.71 bits per heavy atom. The highest BCUT2D eigenvalue weighted by Gasteiger charge is 2.38. The minimum atomic E-state index is -0.421. The van der Waals surface area contributed by atoms with Crippen molar-refractivity contribution in [2.24, 2.45) is 11.8 Å². The Bertz CT molecular complexity index is 606. The van der Waals surface area contributed by atoms with Gasteiger partial charge >= 0.3 is 5.97 Å². The summed E-state index contributed by atoms with van der Waals surface area (Å²) in [7, 11) is 1.35. The largest absolute Gasteiger partial charge is 0.465 e. The SMILES string of the molecule is COC(=O)C1=C(C)C(CC(C)C)C(=O)/C1=C\c1cccs1. The predicted molar refractivity (Wildman–Crippen MR) is 85.0 cm³/mol. The molecule has 112 valence electrons. The molecule has 21 heavy (non-hydrogen) atoms. The molecule has 1 aliphatic rings. The summed E-state index contributed by atoms with van der Waals surface area (Å²) in [6.45, 7) is 6.03. The van der Waals surface area contributed by atoms with E-state index in [0.29, 0.717) is 17.1 Å². The second-order valence-electron chi connectivity index (χ2n) is 5.67. The average molecular weight is 304 g/mol. The Morgan fingerprint density at radius 1 is 1.48 bits per heavy atom. The van der Waals surface area contributed by atoms with Gasteiger partial charge in [0.2, 0.25) is 0 Å². The lowest BCUT2D eigenvalue weighted by Crippen LogP contribution is -2.13. The molecule has 0 bridgehead atoms. The maximum absolute atomic E-state index is 12.7. The van der Waals surface area contributed by atoms with Gasteiger partial charge in [0.1, 0.15) is 0 Å². The van der Waals surface area contributed by atoms with Gasteiger partial charge < -0.3 is 4.74 Å². The van der Waals surface area contributed by atoms with Crippen molar-refractivity contribution < 1.29 is 14.3 Å². The number of rotatable bonds is 4. The van der Waals surface area contributed by atoms with Crippen LogP contribution in [0, 0.1) is 11.8 Å². The number of ether oxygens (including phenoxy) is 1. The van der Waals surface area contributed by atoms with E-state index in [1.165, 1.54) is 7.11 Å².